The van der Waals surface area contributed by atoms with E-state index in [2.05, 4.69) is 11.9 Å². The van der Waals surface area contributed by atoms with Gasteiger partial charge in [0.1, 0.15) is 0 Å². The van der Waals surface area contributed by atoms with Crippen LogP contribution in [0.2, 0.25) is 5.02 Å². The van der Waals surface area contributed by atoms with Crippen LogP contribution in [-0.4, -0.2) is 12.5 Å². The number of carbonyl (C=O) groups excluding carboxylic acids is 1. The second kappa shape index (κ2) is 4.82. The van der Waals surface area contributed by atoms with E-state index in [9.17, 15) is 4.79 Å². The molecule has 0 heterocycles. The summed E-state index contributed by atoms with van der Waals surface area (Å²) in [4.78, 5) is 11.5. The molecule has 2 nitrogen and oxygen atoms in total. The Kier molecular flexibility index (Phi) is 3.72. The van der Waals surface area contributed by atoms with Crippen LogP contribution in [0.25, 0.3) is 0 Å². The number of halogens is 1. The third-order valence-corrected chi connectivity index (χ3v) is 1.91. The fourth-order valence-electron chi connectivity index (χ4n) is 0.934. The summed E-state index contributed by atoms with van der Waals surface area (Å²) in [5.41, 5.74) is 1.53. The summed E-state index contributed by atoms with van der Waals surface area (Å²) >= 11 is 5.70. The standard InChI is InChI=1S/C11H12ClNO/c1-8(2)7-13-11(14)9-3-5-10(12)6-4-9/h3-6H,1,7H2,2H3,(H,13,14). The molecule has 0 unspecified atom stereocenters. The van der Waals surface area contributed by atoms with Crippen molar-refractivity contribution in [2.24, 2.45) is 0 Å². The average Bonchev–Trinajstić information content (AvgIpc) is 2.15. The number of benzene rings is 1. The van der Waals surface area contributed by atoms with Gasteiger partial charge in [-0.3, -0.25) is 4.79 Å². The van der Waals surface area contributed by atoms with Crippen molar-refractivity contribution in [3.8, 4) is 0 Å². The van der Waals surface area contributed by atoms with Crippen LogP contribution in [0, 0.1) is 0 Å². The first kappa shape index (κ1) is 10.8. The fraction of sp³-hybridized carbons (Fsp3) is 0.182. The number of hydrogen-bond acceptors (Lipinski definition) is 1. The van der Waals surface area contributed by atoms with E-state index >= 15 is 0 Å². The average molecular weight is 210 g/mol. The molecule has 0 aliphatic rings. The maximum Gasteiger partial charge on any atom is 0.251 e. The summed E-state index contributed by atoms with van der Waals surface area (Å²) in [5.74, 6) is -0.107. The molecule has 1 aromatic rings. The van der Waals surface area contributed by atoms with Crippen molar-refractivity contribution in [2.75, 3.05) is 6.54 Å². The highest BCUT2D eigenvalue weighted by Crippen LogP contribution is 2.09. The number of amides is 1. The zero-order valence-corrected chi connectivity index (χ0v) is 8.77. The van der Waals surface area contributed by atoms with Crippen molar-refractivity contribution in [1.29, 1.82) is 0 Å². The molecule has 0 aliphatic carbocycles. The second-order valence-corrected chi connectivity index (χ2v) is 3.58. The summed E-state index contributed by atoms with van der Waals surface area (Å²) in [6.07, 6.45) is 0. The highest BCUT2D eigenvalue weighted by atomic mass is 35.5. The van der Waals surface area contributed by atoms with Crippen molar-refractivity contribution in [2.45, 2.75) is 6.92 Å². The quantitative estimate of drug-likeness (QED) is 0.762. The fourth-order valence-corrected chi connectivity index (χ4v) is 1.06. The lowest BCUT2D eigenvalue weighted by molar-refractivity contribution is 0.0957. The molecular weight excluding hydrogens is 198 g/mol. The van der Waals surface area contributed by atoms with Gasteiger partial charge in [0, 0.05) is 17.1 Å². The topological polar surface area (TPSA) is 29.1 Å². The van der Waals surface area contributed by atoms with E-state index in [1.807, 2.05) is 6.92 Å². The Bertz CT molecular complexity index is 343. The van der Waals surface area contributed by atoms with Crippen LogP contribution in [0.15, 0.2) is 36.4 Å². The smallest absolute Gasteiger partial charge is 0.251 e. The maximum atomic E-state index is 11.5. The summed E-state index contributed by atoms with van der Waals surface area (Å²) in [6, 6.07) is 6.76. The summed E-state index contributed by atoms with van der Waals surface area (Å²) in [6.45, 7) is 6.06. The van der Waals surface area contributed by atoms with E-state index in [1.165, 1.54) is 0 Å². The van der Waals surface area contributed by atoms with Crippen LogP contribution in [0.4, 0.5) is 0 Å². The predicted molar refractivity (Wildman–Crippen MR) is 58.6 cm³/mol. The van der Waals surface area contributed by atoms with Crippen LogP contribution in [0.3, 0.4) is 0 Å². The van der Waals surface area contributed by atoms with Crippen LogP contribution < -0.4 is 5.32 Å². The minimum Gasteiger partial charge on any atom is -0.348 e. The zero-order chi connectivity index (χ0) is 10.6. The normalized spacial score (nSPS) is 9.57. The Balaban J connectivity index is 2.61. The van der Waals surface area contributed by atoms with Crippen LogP contribution in [0.5, 0.6) is 0 Å². The first-order valence-corrected chi connectivity index (χ1v) is 4.65. The van der Waals surface area contributed by atoms with Crippen molar-refractivity contribution in [1.82, 2.24) is 5.32 Å². The molecule has 0 bridgehead atoms. The SMILES string of the molecule is C=C(C)CNC(=O)c1ccc(Cl)cc1. The predicted octanol–water partition coefficient (Wildman–Crippen LogP) is 2.65. The van der Waals surface area contributed by atoms with Crippen molar-refractivity contribution in [3.63, 3.8) is 0 Å². The summed E-state index contributed by atoms with van der Waals surface area (Å²) in [5, 5.41) is 3.36. The molecule has 1 rings (SSSR count). The minimum absolute atomic E-state index is 0.107. The highest BCUT2D eigenvalue weighted by molar-refractivity contribution is 6.30. The van der Waals surface area contributed by atoms with Gasteiger partial charge in [-0.15, -0.1) is 0 Å². The Morgan fingerprint density at radius 1 is 1.43 bits per heavy atom. The summed E-state index contributed by atoms with van der Waals surface area (Å²) in [7, 11) is 0. The van der Waals surface area contributed by atoms with Crippen molar-refractivity contribution in [3.05, 3.63) is 47.0 Å². The minimum atomic E-state index is -0.107. The molecule has 0 aliphatic heterocycles. The third-order valence-electron chi connectivity index (χ3n) is 1.66. The van der Waals surface area contributed by atoms with E-state index < -0.39 is 0 Å². The Morgan fingerprint density at radius 3 is 2.50 bits per heavy atom. The molecule has 1 aromatic carbocycles. The van der Waals surface area contributed by atoms with Crippen molar-refractivity contribution < 1.29 is 4.79 Å². The van der Waals surface area contributed by atoms with Gasteiger partial charge in [-0.05, 0) is 31.2 Å². The summed E-state index contributed by atoms with van der Waals surface area (Å²) < 4.78 is 0. The van der Waals surface area contributed by atoms with Gasteiger partial charge in [-0.1, -0.05) is 23.8 Å². The second-order valence-electron chi connectivity index (χ2n) is 3.15. The Labute approximate surface area is 88.6 Å². The molecule has 74 valence electrons. The highest BCUT2D eigenvalue weighted by Gasteiger charge is 2.03. The third kappa shape index (κ3) is 3.23. The van der Waals surface area contributed by atoms with E-state index in [0.29, 0.717) is 17.1 Å². The molecule has 3 heteroatoms. The molecule has 1 N–H and O–H groups in total. The molecule has 0 saturated carbocycles. The van der Waals surface area contributed by atoms with Gasteiger partial charge < -0.3 is 5.32 Å². The molecule has 0 radical (unpaired) electrons. The largest absolute Gasteiger partial charge is 0.348 e. The van der Waals surface area contributed by atoms with E-state index in [1.54, 1.807) is 24.3 Å². The van der Waals surface area contributed by atoms with Crippen LogP contribution in [-0.2, 0) is 0 Å². The van der Waals surface area contributed by atoms with Gasteiger partial charge >= 0.3 is 0 Å². The first-order valence-electron chi connectivity index (χ1n) is 4.28. The number of rotatable bonds is 3. The van der Waals surface area contributed by atoms with Crippen LogP contribution >= 0.6 is 11.6 Å². The zero-order valence-electron chi connectivity index (χ0n) is 8.01. The molecule has 0 spiro atoms. The van der Waals surface area contributed by atoms with E-state index in [-0.39, 0.29) is 5.91 Å². The maximum absolute atomic E-state index is 11.5. The molecule has 0 saturated heterocycles. The van der Waals surface area contributed by atoms with Crippen LogP contribution in [0.1, 0.15) is 17.3 Å². The van der Waals surface area contributed by atoms with E-state index in [0.717, 1.165) is 5.57 Å². The van der Waals surface area contributed by atoms with Gasteiger partial charge in [-0.2, -0.15) is 0 Å². The lowest BCUT2D eigenvalue weighted by atomic mass is 10.2. The molecule has 0 atom stereocenters. The molecule has 0 fully saturated rings. The van der Waals surface area contributed by atoms with Gasteiger partial charge in [0.05, 0.1) is 0 Å². The van der Waals surface area contributed by atoms with E-state index in [4.69, 9.17) is 11.6 Å². The monoisotopic (exact) mass is 209 g/mol. The van der Waals surface area contributed by atoms with Crippen molar-refractivity contribution >= 4 is 17.5 Å². The molecule has 1 amide bonds. The number of nitrogens with one attached hydrogen (secondary N) is 1. The number of carbonyl (C=O) groups is 1. The van der Waals surface area contributed by atoms with Gasteiger partial charge in [-0.25, -0.2) is 0 Å². The van der Waals surface area contributed by atoms with Gasteiger partial charge in [0.15, 0.2) is 0 Å². The molecule has 14 heavy (non-hydrogen) atoms. The number of hydrogen-bond donors (Lipinski definition) is 1. The lowest BCUT2D eigenvalue weighted by Crippen LogP contribution is -2.24. The molecule has 0 aromatic heterocycles. The first-order chi connectivity index (χ1) is 6.59. The molecular formula is C11H12ClNO. The Hall–Kier alpha value is -1.28. The Morgan fingerprint density at radius 2 is 2.00 bits per heavy atom. The lowest BCUT2D eigenvalue weighted by Gasteiger charge is -2.04. The van der Waals surface area contributed by atoms with Gasteiger partial charge in [0.2, 0.25) is 0 Å². The van der Waals surface area contributed by atoms with Gasteiger partial charge in [0.25, 0.3) is 5.91 Å².